The Morgan fingerprint density at radius 1 is 1.00 bits per heavy atom. The number of carbonyl (C=O) groups is 4. The predicted octanol–water partition coefficient (Wildman–Crippen LogP) is 0.284. The van der Waals surface area contributed by atoms with Crippen LogP contribution in [0.1, 0.15) is 21.5 Å². The second kappa shape index (κ2) is 11.2. The largest absolute Gasteiger partial charge is 0.480 e. The number of nitrogens with two attached hydrogens (primary N) is 1. The Labute approximate surface area is 192 Å². The molecule has 0 radical (unpaired) electrons. The van der Waals surface area contributed by atoms with Crippen LogP contribution in [0.5, 0.6) is 0 Å². The summed E-state index contributed by atoms with van der Waals surface area (Å²) in [6.45, 7) is 0.157. The SMILES string of the molecule is NCCc1ccc(C(=O)NCC(=O)N2CCN(CC(=O)O)C(=O)[C@@H]2Cc2ccccc2)cc1. The number of rotatable bonds is 9. The van der Waals surface area contributed by atoms with E-state index in [-0.39, 0.29) is 26.1 Å². The first-order valence-electron chi connectivity index (χ1n) is 10.8. The highest BCUT2D eigenvalue weighted by Crippen LogP contribution is 2.17. The average Bonchev–Trinajstić information content (AvgIpc) is 2.81. The fourth-order valence-corrected chi connectivity index (χ4v) is 3.84. The summed E-state index contributed by atoms with van der Waals surface area (Å²) in [7, 11) is 0. The van der Waals surface area contributed by atoms with Crippen LogP contribution in [0.3, 0.4) is 0 Å². The van der Waals surface area contributed by atoms with Crippen molar-refractivity contribution >= 4 is 23.7 Å². The lowest BCUT2D eigenvalue weighted by molar-refractivity contribution is -0.154. The zero-order chi connectivity index (χ0) is 23.8. The monoisotopic (exact) mass is 452 g/mol. The second-order valence-corrected chi connectivity index (χ2v) is 7.86. The molecule has 2 aromatic carbocycles. The van der Waals surface area contributed by atoms with Gasteiger partial charge in [-0.25, -0.2) is 0 Å². The molecule has 0 aliphatic carbocycles. The van der Waals surface area contributed by atoms with Crippen LogP contribution in [0, 0.1) is 0 Å². The maximum absolute atomic E-state index is 13.0. The lowest BCUT2D eigenvalue weighted by Gasteiger charge is -2.40. The Morgan fingerprint density at radius 3 is 2.33 bits per heavy atom. The molecule has 1 saturated heterocycles. The van der Waals surface area contributed by atoms with E-state index >= 15 is 0 Å². The van der Waals surface area contributed by atoms with Gasteiger partial charge in [0.05, 0.1) is 6.54 Å². The van der Waals surface area contributed by atoms with Crippen molar-refractivity contribution in [3.63, 3.8) is 0 Å². The minimum Gasteiger partial charge on any atom is -0.480 e. The number of nitrogens with zero attached hydrogens (tertiary/aromatic N) is 2. The molecule has 3 rings (SSSR count). The van der Waals surface area contributed by atoms with E-state index in [0.717, 1.165) is 11.1 Å². The number of carboxylic acid groups (broad SMARTS) is 1. The molecule has 33 heavy (non-hydrogen) atoms. The normalized spacial score (nSPS) is 15.9. The molecule has 1 aliphatic heterocycles. The lowest BCUT2D eigenvalue weighted by Crippen LogP contribution is -2.61. The molecular formula is C24H28N4O5. The van der Waals surface area contributed by atoms with Crippen molar-refractivity contribution in [3.05, 3.63) is 71.3 Å². The van der Waals surface area contributed by atoms with Crippen LogP contribution in [0.2, 0.25) is 0 Å². The number of hydrogen-bond donors (Lipinski definition) is 3. The van der Waals surface area contributed by atoms with E-state index in [2.05, 4.69) is 5.32 Å². The zero-order valence-electron chi connectivity index (χ0n) is 18.3. The molecule has 0 saturated carbocycles. The van der Waals surface area contributed by atoms with Crippen LogP contribution < -0.4 is 11.1 Å². The minimum atomic E-state index is -1.11. The van der Waals surface area contributed by atoms with Gasteiger partial charge in [0.15, 0.2) is 0 Å². The number of nitrogens with one attached hydrogen (secondary N) is 1. The minimum absolute atomic E-state index is 0.124. The quantitative estimate of drug-likeness (QED) is 0.501. The number of aliphatic carboxylic acids is 1. The molecular weight excluding hydrogens is 424 g/mol. The van der Waals surface area contributed by atoms with Crippen LogP contribution in [-0.4, -0.2) is 77.4 Å². The maximum Gasteiger partial charge on any atom is 0.323 e. The average molecular weight is 453 g/mol. The number of carboxylic acids is 1. The molecule has 3 amide bonds. The van der Waals surface area contributed by atoms with Gasteiger partial charge in [0.2, 0.25) is 11.8 Å². The van der Waals surface area contributed by atoms with E-state index in [1.165, 1.54) is 9.80 Å². The van der Waals surface area contributed by atoms with Gasteiger partial charge in [-0.1, -0.05) is 42.5 Å². The summed E-state index contributed by atoms with van der Waals surface area (Å²) in [4.78, 5) is 52.2. The Bertz CT molecular complexity index is 994. The van der Waals surface area contributed by atoms with Gasteiger partial charge in [-0.15, -0.1) is 0 Å². The predicted molar refractivity (Wildman–Crippen MR) is 121 cm³/mol. The second-order valence-electron chi connectivity index (χ2n) is 7.86. The number of carbonyl (C=O) groups excluding carboxylic acids is 3. The van der Waals surface area contributed by atoms with E-state index < -0.39 is 36.3 Å². The summed E-state index contributed by atoms with van der Waals surface area (Å²) in [5, 5.41) is 11.7. The summed E-state index contributed by atoms with van der Waals surface area (Å²) in [6.07, 6.45) is 0.975. The number of hydrogen-bond acceptors (Lipinski definition) is 5. The number of piperazine rings is 1. The molecule has 1 atom stereocenters. The zero-order valence-corrected chi connectivity index (χ0v) is 18.3. The highest BCUT2D eigenvalue weighted by Gasteiger charge is 2.38. The van der Waals surface area contributed by atoms with Crippen molar-refractivity contribution in [3.8, 4) is 0 Å². The van der Waals surface area contributed by atoms with Crippen molar-refractivity contribution < 1.29 is 24.3 Å². The molecule has 9 nitrogen and oxygen atoms in total. The first kappa shape index (κ1) is 23.9. The molecule has 0 aromatic heterocycles. The standard InChI is InChI=1S/C24H28N4O5/c25-11-10-17-6-8-19(9-7-17)23(32)26-15-21(29)28-13-12-27(16-22(30)31)24(33)20(28)14-18-4-2-1-3-5-18/h1-9,20H,10-16,25H2,(H,26,32)(H,30,31)/t20-/m0/s1. The van der Waals surface area contributed by atoms with E-state index in [1.54, 1.807) is 12.1 Å². The third-order valence-electron chi connectivity index (χ3n) is 5.55. The van der Waals surface area contributed by atoms with Crippen molar-refractivity contribution in [2.75, 3.05) is 32.7 Å². The van der Waals surface area contributed by atoms with Crippen LogP contribution in [0.25, 0.3) is 0 Å². The molecule has 2 aromatic rings. The number of amides is 3. The van der Waals surface area contributed by atoms with E-state index in [4.69, 9.17) is 10.8 Å². The van der Waals surface area contributed by atoms with Crippen LogP contribution in [0.15, 0.2) is 54.6 Å². The van der Waals surface area contributed by atoms with Gasteiger partial charge in [-0.3, -0.25) is 19.2 Å². The van der Waals surface area contributed by atoms with Gasteiger partial charge in [-0.2, -0.15) is 0 Å². The van der Waals surface area contributed by atoms with Gasteiger partial charge >= 0.3 is 5.97 Å². The van der Waals surface area contributed by atoms with Crippen molar-refractivity contribution in [1.82, 2.24) is 15.1 Å². The first-order chi connectivity index (χ1) is 15.9. The molecule has 1 heterocycles. The Balaban J connectivity index is 1.67. The maximum atomic E-state index is 13.0. The first-order valence-corrected chi connectivity index (χ1v) is 10.8. The molecule has 1 aliphatic rings. The molecule has 0 unspecified atom stereocenters. The third-order valence-corrected chi connectivity index (χ3v) is 5.55. The van der Waals surface area contributed by atoms with Crippen LogP contribution in [-0.2, 0) is 27.2 Å². The van der Waals surface area contributed by atoms with E-state index in [9.17, 15) is 19.2 Å². The fourth-order valence-electron chi connectivity index (χ4n) is 3.84. The van der Waals surface area contributed by atoms with Gasteiger partial charge in [0, 0.05) is 25.1 Å². The summed E-state index contributed by atoms with van der Waals surface area (Å²) in [5.41, 5.74) is 7.83. The molecule has 4 N–H and O–H groups in total. The fraction of sp³-hybridized carbons (Fsp3) is 0.333. The smallest absolute Gasteiger partial charge is 0.323 e. The van der Waals surface area contributed by atoms with E-state index in [0.29, 0.717) is 18.5 Å². The topological polar surface area (TPSA) is 133 Å². The van der Waals surface area contributed by atoms with E-state index in [1.807, 2.05) is 42.5 Å². The van der Waals surface area contributed by atoms with Gasteiger partial charge in [-0.05, 0) is 36.2 Å². The molecule has 0 spiro atoms. The Kier molecular flexibility index (Phi) is 8.15. The molecule has 0 bridgehead atoms. The highest BCUT2D eigenvalue weighted by atomic mass is 16.4. The molecule has 174 valence electrons. The Hall–Kier alpha value is -3.72. The Morgan fingerprint density at radius 2 is 1.70 bits per heavy atom. The summed E-state index contributed by atoms with van der Waals surface area (Å²) < 4.78 is 0. The van der Waals surface area contributed by atoms with Crippen molar-refractivity contribution in [2.45, 2.75) is 18.9 Å². The lowest BCUT2D eigenvalue weighted by atomic mass is 10.0. The summed E-state index contributed by atoms with van der Waals surface area (Å²) in [5.74, 6) is -2.31. The van der Waals surface area contributed by atoms with Gasteiger partial charge < -0.3 is 26.0 Å². The molecule has 9 heteroatoms. The number of benzene rings is 2. The molecule has 1 fully saturated rings. The van der Waals surface area contributed by atoms with Crippen molar-refractivity contribution in [1.29, 1.82) is 0 Å². The van der Waals surface area contributed by atoms with Crippen molar-refractivity contribution in [2.24, 2.45) is 5.73 Å². The van der Waals surface area contributed by atoms with Crippen LogP contribution in [0.4, 0.5) is 0 Å². The van der Waals surface area contributed by atoms with Gasteiger partial charge in [0.25, 0.3) is 5.91 Å². The van der Waals surface area contributed by atoms with Crippen LogP contribution >= 0.6 is 0 Å². The highest BCUT2D eigenvalue weighted by molar-refractivity contribution is 5.97. The third kappa shape index (κ3) is 6.39. The summed E-state index contributed by atoms with van der Waals surface area (Å²) >= 11 is 0. The van der Waals surface area contributed by atoms with Gasteiger partial charge in [0.1, 0.15) is 12.6 Å². The summed E-state index contributed by atoms with van der Waals surface area (Å²) in [6, 6.07) is 15.4.